The van der Waals surface area contributed by atoms with E-state index in [1.807, 2.05) is 48.5 Å². The number of ether oxygens (including phenoxy) is 1. The van der Waals surface area contributed by atoms with Gasteiger partial charge in [0.05, 0.1) is 17.9 Å². The number of ketones is 1. The smallest absolute Gasteiger partial charge is 0.340 e. The van der Waals surface area contributed by atoms with E-state index in [-0.39, 0.29) is 12.4 Å². The van der Waals surface area contributed by atoms with E-state index in [9.17, 15) is 9.59 Å². The van der Waals surface area contributed by atoms with Gasteiger partial charge >= 0.3 is 5.97 Å². The highest BCUT2D eigenvalue weighted by atomic mass is 16.5. The summed E-state index contributed by atoms with van der Waals surface area (Å²) >= 11 is 0. The Labute approximate surface area is 146 Å². The van der Waals surface area contributed by atoms with Crippen molar-refractivity contribution in [2.24, 2.45) is 7.05 Å². The molecule has 4 heteroatoms. The molecule has 0 unspecified atom stereocenters. The fourth-order valence-electron chi connectivity index (χ4n) is 2.89. The number of carbonyl (C=O) groups excluding carboxylic acids is 2. The molecule has 3 aromatic rings. The first-order valence-electron chi connectivity index (χ1n) is 8.15. The molecule has 1 heterocycles. The van der Waals surface area contributed by atoms with E-state index >= 15 is 0 Å². The fraction of sp³-hybridized carbons (Fsp3) is 0.143. The molecule has 25 heavy (non-hydrogen) atoms. The molecule has 1 aromatic heterocycles. The first-order valence-corrected chi connectivity index (χ1v) is 8.15. The molecule has 0 amide bonds. The zero-order valence-electron chi connectivity index (χ0n) is 14.2. The van der Waals surface area contributed by atoms with Gasteiger partial charge in [0.15, 0.2) is 0 Å². The molecule has 2 aromatic carbocycles. The molecule has 0 spiro atoms. The molecule has 0 aliphatic carbocycles. The van der Waals surface area contributed by atoms with Crippen LogP contribution in [0.15, 0.2) is 66.9 Å². The van der Waals surface area contributed by atoms with Crippen molar-refractivity contribution in [2.75, 3.05) is 6.61 Å². The zero-order valence-corrected chi connectivity index (χ0v) is 14.2. The van der Waals surface area contributed by atoms with E-state index in [1.165, 1.54) is 0 Å². The van der Waals surface area contributed by atoms with Gasteiger partial charge in [-0.05, 0) is 12.5 Å². The van der Waals surface area contributed by atoms with E-state index in [0.717, 1.165) is 5.56 Å². The molecule has 0 saturated carbocycles. The van der Waals surface area contributed by atoms with Crippen LogP contribution in [-0.4, -0.2) is 22.9 Å². The number of aromatic nitrogens is 1. The maximum atomic E-state index is 13.1. The van der Waals surface area contributed by atoms with Gasteiger partial charge in [-0.15, -0.1) is 0 Å². The highest BCUT2D eigenvalue weighted by Gasteiger charge is 2.26. The summed E-state index contributed by atoms with van der Waals surface area (Å²) < 4.78 is 6.88. The van der Waals surface area contributed by atoms with Crippen LogP contribution in [0.5, 0.6) is 0 Å². The van der Waals surface area contributed by atoms with Gasteiger partial charge in [-0.1, -0.05) is 60.7 Å². The molecule has 0 saturated heterocycles. The lowest BCUT2D eigenvalue weighted by Gasteiger charge is -2.09. The Morgan fingerprint density at radius 2 is 1.56 bits per heavy atom. The summed E-state index contributed by atoms with van der Waals surface area (Å²) in [6.07, 6.45) is 1.66. The molecule has 3 rings (SSSR count). The average Bonchev–Trinajstić information content (AvgIpc) is 3.00. The number of rotatable bonds is 5. The van der Waals surface area contributed by atoms with Crippen LogP contribution in [0, 0.1) is 0 Å². The molecule has 0 aliphatic rings. The SMILES string of the molecule is CCOC(=O)c1cn(C)c(C(=O)c2ccccc2)c1-c1ccccc1. The van der Waals surface area contributed by atoms with Crippen molar-refractivity contribution in [2.45, 2.75) is 6.92 Å². The van der Waals surface area contributed by atoms with Crippen LogP contribution >= 0.6 is 0 Å². The van der Waals surface area contributed by atoms with Gasteiger partial charge in [0.25, 0.3) is 0 Å². The number of nitrogens with zero attached hydrogens (tertiary/aromatic N) is 1. The van der Waals surface area contributed by atoms with Crippen LogP contribution in [0.3, 0.4) is 0 Å². The van der Waals surface area contributed by atoms with Gasteiger partial charge in [-0.3, -0.25) is 4.79 Å². The Bertz CT molecular complexity index is 896. The summed E-state index contributed by atoms with van der Waals surface area (Å²) in [7, 11) is 1.77. The molecule has 0 atom stereocenters. The minimum absolute atomic E-state index is 0.127. The molecule has 0 fully saturated rings. The first kappa shape index (κ1) is 16.7. The van der Waals surface area contributed by atoms with Crippen molar-refractivity contribution >= 4 is 11.8 Å². The molecule has 0 bridgehead atoms. The third-order valence-corrected chi connectivity index (χ3v) is 3.99. The lowest BCUT2D eigenvalue weighted by Crippen LogP contribution is -2.09. The predicted molar refractivity (Wildman–Crippen MR) is 96.7 cm³/mol. The van der Waals surface area contributed by atoms with Crippen LogP contribution in [0.25, 0.3) is 11.1 Å². The van der Waals surface area contributed by atoms with Gasteiger partial charge in [0.2, 0.25) is 5.78 Å². The number of esters is 1. The van der Waals surface area contributed by atoms with Gasteiger partial charge in [0, 0.05) is 24.4 Å². The summed E-state index contributed by atoms with van der Waals surface area (Å²) in [5.74, 6) is -0.554. The molecule has 0 N–H and O–H groups in total. The molecule has 4 nitrogen and oxygen atoms in total. The van der Waals surface area contributed by atoms with Crippen molar-refractivity contribution in [1.82, 2.24) is 4.57 Å². The van der Waals surface area contributed by atoms with Gasteiger partial charge in [0.1, 0.15) is 0 Å². The summed E-state index contributed by atoms with van der Waals surface area (Å²) in [5.41, 5.74) is 2.87. The standard InChI is InChI=1S/C21H19NO3/c1-3-25-21(24)17-14-22(2)19(18(17)15-10-6-4-7-11-15)20(23)16-12-8-5-9-13-16/h4-14H,3H2,1-2H3. The first-order chi connectivity index (χ1) is 12.1. The highest BCUT2D eigenvalue weighted by Crippen LogP contribution is 2.31. The molecule has 0 radical (unpaired) electrons. The Hall–Kier alpha value is -3.14. The Balaban J connectivity index is 2.21. The van der Waals surface area contributed by atoms with Crippen molar-refractivity contribution < 1.29 is 14.3 Å². The van der Waals surface area contributed by atoms with Crippen LogP contribution in [0.1, 0.15) is 33.3 Å². The van der Waals surface area contributed by atoms with E-state index in [2.05, 4.69) is 0 Å². The van der Waals surface area contributed by atoms with E-state index in [1.54, 1.807) is 36.9 Å². The topological polar surface area (TPSA) is 48.3 Å². The summed E-state index contributed by atoms with van der Waals surface area (Å²) in [4.78, 5) is 25.5. The maximum absolute atomic E-state index is 13.1. The van der Waals surface area contributed by atoms with E-state index < -0.39 is 5.97 Å². The monoisotopic (exact) mass is 333 g/mol. The second-order valence-corrected chi connectivity index (χ2v) is 5.66. The molecule has 0 aliphatic heterocycles. The summed E-state index contributed by atoms with van der Waals surface area (Å²) in [5, 5.41) is 0. The average molecular weight is 333 g/mol. The molecular formula is C21H19NO3. The van der Waals surface area contributed by atoms with Gasteiger partial charge in [-0.2, -0.15) is 0 Å². The van der Waals surface area contributed by atoms with Crippen molar-refractivity contribution in [3.8, 4) is 11.1 Å². The predicted octanol–water partition coefficient (Wildman–Crippen LogP) is 4.10. The number of hydrogen-bond donors (Lipinski definition) is 0. The zero-order chi connectivity index (χ0) is 17.8. The lowest BCUT2D eigenvalue weighted by atomic mass is 9.97. The Morgan fingerprint density at radius 1 is 0.960 bits per heavy atom. The number of aryl methyl sites for hydroxylation is 1. The maximum Gasteiger partial charge on any atom is 0.340 e. The van der Waals surface area contributed by atoms with Gasteiger partial charge in [-0.25, -0.2) is 4.79 Å². The minimum Gasteiger partial charge on any atom is -0.462 e. The fourth-order valence-corrected chi connectivity index (χ4v) is 2.89. The van der Waals surface area contributed by atoms with Gasteiger partial charge < -0.3 is 9.30 Å². The second kappa shape index (κ2) is 7.18. The van der Waals surface area contributed by atoms with Crippen LogP contribution in [-0.2, 0) is 11.8 Å². The van der Waals surface area contributed by atoms with E-state index in [0.29, 0.717) is 22.4 Å². The second-order valence-electron chi connectivity index (χ2n) is 5.66. The van der Waals surface area contributed by atoms with Crippen LogP contribution in [0.4, 0.5) is 0 Å². The number of hydrogen-bond acceptors (Lipinski definition) is 3. The van der Waals surface area contributed by atoms with Crippen LogP contribution in [0.2, 0.25) is 0 Å². The summed E-state index contributed by atoms with van der Waals surface area (Å²) in [6.45, 7) is 2.04. The number of benzene rings is 2. The summed E-state index contributed by atoms with van der Waals surface area (Å²) in [6, 6.07) is 18.5. The lowest BCUT2D eigenvalue weighted by molar-refractivity contribution is 0.0527. The Kier molecular flexibility index (Phi) is 4.80. The molecule has 126 valence electrons. The third kappa shape index (κ3) is 3.24. The van der Waals surface area contributed by atoms with E-state index in [4.69, 9.17) is 4.74 Å². The largest absolute Gasteiger partial charge is 0.462 e. The van der Waals surface area contributed by atoms with Crippen molar-refractivity contribution in [3.05, 3.63) is 83.7 Å². The van der Waals surface area contributed by atoms with Crippen LogP contribution < -0.4 is 0 Å². The molecular weight excluding hydrogens is 314 g/mol. The Morgan fingerprint density at radius 3 is 2.16 bits per heavy atom. The quantitative estimate of drug-likeness (QED) is 0.522. The third-order valence-electron chi connectivity index (χ3n) is 3.99. The normalized spacial score (nSPS) is 10.5. The highest BCUT2D eigenvalue weighted by molar-refractivity contribution is 6.15. The van der Waals surface area contributed by atoms with Crippen molar-refractivity contribution in [3.63, 3.8) is 0 Å². The van der Waals surface area contributed by atoms with Crippen molar-refractivity contribution in [1.29, 1.82) is 0 Å². The number of carbonyl (C=O) groups is 2. The minimum atomic E-state index is -0.427.